The fraction of sp³-hybridized carbons (Fsp3) is 0.478. The van der Waals surface area contributed by atoms with Gasteiger partial charge in [0.25, 0.3) is 5.92 Å². The summed E-state index contributed by atoms with van der Waals surface area (Å²) in [4.78, 5) is 0. The summed E-state index contributed by atoms with van der Waals surface area (Å²) in [7, 11) is 0. The molecular formula is C23H20F7NO. The third-order valence-electron chi connectivity index (χ3n) is 7.22. The summed E-state index contributed by atoms with van der Waals surface area (Å²) >= 11 is 0. The number of rotatable bonds is 7. The van der Waals surface area contributed by atoms with E-state index in [2.05, 4.69) is 5.32 Å². The zero-order chi connectivity index (χ0) is 23.0. The van der Waals surface area contributed by atoms with Crippen molar-refractivity contribution >= 4 is 0 Å². The van der Waals surface area contributed by atoms with Crippen molar-refractivity contribution in [3.63, 3.8) is 0 Å². The van der Waals surface area contributed by atoms with Crippen LogP contribution in [0.25, 0.3) is 0 Å². The maximum atomic E-state index is 15.6. The van der Waals surface area contributed by atoms with E-state index in [1.165, 1.54) is 0 Å². The molecule has 0 radical (unpaired) electrons. The molecule has 32 heavy (non-hydrogen) atoms. The zero-order valence-corrected chi connectivity index (χ0v) is 16.8. The first-order chi connectivity index (χ1) is 14.9. The number of ether oxygens (including phenoxy) is 1. The van der Waals surface area contributed by atoms with E-state index < -0.39 is 46.7 Å². The normalized spacial score (nSPS) is 31.1. The van der Waals surface area contributed by atoms with E-state index in [0.29, 0.717) is 11.6 Å². The molecule has 1 unspecified atom stereocenters. The predicted molar refractivity (Wildman–Crippen MR) is 101 cm³/mol. The highest BCUT2D eigenvalue weighted by Crippen LogP contribution is 2.81. The molecule has 1 atom stereocenters. The fourth-order valence-corrected chi connectivity index (χ4v) is 5.58. The van der Waals surface area contributed by atoms with Crippen LogP contribution in [0.1, 0.15) is 36.0 Å². The Morgan fingerprint density at radius 3 is 2.06 bits per heavy atom. The van der Waals surface area contributed by atoms with E-state index in [0.717, 1.165) is 17.7 Å². The first-order valence-corrected chi connectivity index (χ1v) is 10.3. The van der Waals surface area contributed by atoms with Gasteiger partial charge in [0, 0.05) is 23.6 Å². The van der Waals surface area contributed by atoms with Crippen molar-refractivity contribution in [2.24, 2.45) is 5.41 Å². The summed E-state index contributed by atoms with van der Waals surface area (Å²) in [6.07, 6.45) is -3.64. The lowest BCUT2D eigenvalue weighted by Crippen LogP contribution is -2.74. The number of halogens is 7. The largest absolute Gasteiger partial charge is 0.401 e. The molecule has 1 N–H and O–H groups in total. The Hall–Kier alpha value is -2.13. The molecule has 2 nitrogen and oxygen atoms in total. The van der Waals surface area contributed by atoms with Crippen molar-refractivity contribution in [1.29, 1.82) is 0 Å². The van der Waals surface area contributed by atoms with Gasteiger partial charge in [0.2, 0.25) is 0 Å². The van der Waals surface area contributed by atoms with Gasteiger partial charge in [-0.1, -0.05) is 24.3 Å². The van der Waals surface area contributed by atoms with Crippen LogP contribution in [0.3, 0.4) is 0 Å². The SMILES string of the molecule is Fc1ccc(C2(C(F)(F)C34CC(c5ccc(CNCC(F)(F)F)cc5)(C3)C4)CO2)c(F)c1. The summed E-state index contributed by atoms with van der Waals surface area (Å²) in [5.41, 5.74) is -2.56. The van der Waals surface area contributed by atoms with Gasteiger partial charge in [-0.05, 0) is 47.9 Å². The topological polar surface area (TPSA) is 24.6 Å². The van der Waals surface area contributed by atoms with Gasteiger partial charge in [0.1, 0.15) is 11.6 Å². The second-order valence-corrected chi connectivity index (χ2v) is 9.32. The van der Waals surface area contributed by atoms with E-state index in [-0.39, 0.29) is 38.0 Å². The Morgan fingerprint density at radius 1 is 0.906 bits per heavy atom. The van der Waals surface area contributed by atoms with Crippen molar-refractivity contribution in [1.82, 2.24) is 5.32 Å². The van der Waals surface area contributed by atoms with Gasteiger partial charge >= 0.3 is 6.18 Å². The van der Waals surface area contributed by atoms with E-state index in [4.69, 9.17) is 4.74 Å². The average Bonchev–Trinajstić information content (AvgIpc) is 3.42. The lowest BCUT2D eigenvalue weighted by atomic mass is 9.31. The number of hydrogen-bond acceptors (Lipinski definition) is 2. The highest BCUT2D eigenvalue weighted by molar-refractivity contribution is 5.45. The average molecular weight is 459 g/mol. The molecule has 4 aliphatic rings. The molecule has 9 heteroatoms. The van der Waals surface area contributed by atoms with Crippen LogP contribution in [0, 0.1) is 17.0 Å². The number of benzene rings is 2. The molecule has 4 fully saturated rings. The molecule has 0 amide bonds. The van der Waals surface area contributed by atoms with Gasteiger partial charge in [0.05, 0.1) is 13.2 Å². The van der Waals surface area contributed by atoms with Crippen LogP contribution in [-0.2, 0) is 22.3 Å². The Bertz CT molecular complexity index is 1020. The second kappa shape index (κ2) is 6.70. The van der Waals surface area contributed by atoms with Crippen LogP contribution >= 0.6 is 0 Å². The molecule has 1 aliphatic heterocycles. The van der Waals surface area contributed by atoms with Gasteiger partial charge in [-0.2, -0.15) is 13.2 Å². The summed E-state index contributed by atoms with van der Waals surface area (Å²) in [6.45, 7) is -1.36. The van der Waals surface area contributed by atoms with Crippen molar-refractivity contribution in [3.05, 3.63) is 70.8 Å². The van der Waals surface area contributed by atoms with Crippen molar-refractivity contribution in [2.75, 3.05) is 13.2 Å². The first kappa shape index (κ1) is 21.7. The van der Waals surface area contributed by atoms with Crippen molar-refractivity contribution < 1.29 is 35.5 Å². The lowest BCUT2D eigenvalue weighted by Gasteiger charge is -2.73. The third kappa shape index (κ3) is 3.08. The molecule has 2 bridgehead atoms. The van der Waals surface area contributed by atoms with Gasteiger partial charge < -0.3 is 10.1 Å². The highest BCUT2D eigenvalue weighted by Gasteiger charge is 2.85. The number of alkyl halides is 5. The van der Waals surface area contributed by atoms with Gasteiger partial charge in [-0.3, -0.25) is 0 Å². The Balaban J connectivity index is 1.27. The standard InChI is InChI=1S/C23H20F7NO/c24-16-5-6-17(18(25)7-16)21(13-32-21)23(29,30)20-9-19(10-20,11-20)15-3-1-14(2-4-15)8-31-12-22(26,27)28/h1-7,31H,8-13H2. The van der Waals surface area contributed by atoms with Crippen molar-refractivity contribution in [3.8, 4) is 0 Å². The summed E-state index contributed by atoms with van der Waals surface area (Å²) in [5.74, 6) is -5.20. The van der Waals surface area contributed by atoms with E-state index >= 15 is 8.78 Å². The minimum atomic E-state index is -4.29. The van der Waals surface area contributed by atoms with Crippen LogP contribution in [0.4, 0.5) is 30.7 Å². The Kier molecular flexibility index (Phi) is 4.54. The molecule has 6 rings (SSSR count). The summed E-state index contributed by atoms with van der Waals surface area (Å²) in [6, 6.07) is 9.50. The van der Waals surface area contributed by atoms with Gasteiger partial charge in [-0.25, -0.2) is 17.6 Å². The molecule has 2 aromatic rings. The second-order valence-electron chi connectivity index (χ2n) is 9.32. The maximum absolute atomic E-state index is 15.6. The Morgan fingerprint density at radius 2 is 1.53 bits per heavy atom. The lowest BCUT2D eigenvalue weighted by molar-refractivity contribution is -0.306. The maximum Gasteiger partial charge on any atom is 0.401 e. The minimum absolute atomic E-state index is 0.0535. The van der Waals surface area contributed by atoms with Crippen molar-refractivity contribution in [2.45, 2.75) is 48.9 Å². The smallest absolute Gasteiger partial charge is 0.358 e. The number of epoxide rings is 1. The van der Waals surface area contributed by atoms with Crippen LogP contribution in [0.15, 0.2) is 42.5 Å². The monoisotopic (exact) mass is 459 g/mol. The van der Waals surface area contributed by atoms with Gasteiger partial charge in [0.15, 0.2) is 5.60 Å². The molecule has 3 aliphatic carbocycles. The quantitative estimate of drug-likeness (QED) is 0.431. The third-order valence-corrected chi connectivity index (χ3v) is 7.22. The molecule has 172 valence electrons. The zero-order valence-electron chi connectivity index (χ0n) is 16.8. The van der Waals surface area contributed by atoms with E-state index in [9.17, 15) is 22.0 Å². The summed E-state index contributed by atoms with van der Waals surface area (Å²) in [5, 5.41) is 2.32. The molecule has 0 spiro atoms. The van der Waals surface area contributed by atoms with E-state index in [1.807, 2.05) is 0 Å². The first-order valence-electron chi connectivity index (χ1n) is 10.3. The minimum Gasteiger partial charge on any atom is -0.358 e. The number of nitrogens with one attached hydrogen (secondary N) is 1. The van der Waals surface area contributed by atoms with Gasteiger partial charge in [-0.15, -0.1) is 0 Å². The predicted octanol–water partition coefficient (Wildman–Crippen LogP) is 5.60. The molecule has 1 saturated heterocycles. The molecule has 0 aromatic heterocycles. The van der Waals surface area contributed by atoms with Crippen LogP contribution in [-0.4, -0.2) is 25.3 Å². The van der Waals surface area contributed by atoms with Crippen LogP contribution in [0.2, 0.25) is 0 Å². The summed E-state index contributed by atoms with van der Waals surface area (Å²) < 4.78 is 101. The van der Waals surface area contributed by atoms with Crippen LogP contribution < -0.4 is 5.32 Å². The highest BCUT2D eigenvalue weighted by atomic mass is 19.4. The molecule has 1 heterocycles. The Labute approximate surface area is 179 Å². The van der Waals surface area contributed by atoms with E-state index in [1.54, 1.807) is 24.3 Å². The number of hydrogen-bond donors (Lipinski definition) is 1. The molecule has 2 aromatic carbocycles. The fourth-order valence-electron chi connectivity index (χ4n) is 5.58. The van der Waals surface area contributed by atoms with Crippen LogP contribution in [0.5, 0.6) is 0 Å². The molecule has 3 saturated carbocycles. The molecular weight excluding hydrogens is 439 g/mol.